The smallest absolute Gasteiger partial charge is 0.258 e. The third-order valence-corrected chi connectivity index (χ3v) is 5.38. The van der Waals surface area contributed by atoms with Crippen molar-refractivity contribution in [1.82, 2.24) is 14.8 Å². The highest BCUT2D eigenvalue weighted by Gasteiger charge is 2.15. The molecule has 146 valence electrons. The summed E-state index contributed by atoms with van der Waals surface area (Å²) >= 11 is 7.74. The van der Waals surface area contributed by atoms with Crippen LogP contribution in [0.2, 0.25) is 5.02 Å². The van der Waals surface area contributed by atoms with E-state index >= 15 is 0 Å². The first-order valence-corrected chi connectivity index (χ1v) is 10.3. The van der Waals surface area contributed by atoms with E-state index in [1.165, 1.54) is 11.8 Å². The fraction of sp³-hybridized carbons (Fsp3) is 0.250. The number of anilines is 1. The van der Waals surface area contributed by atoms with Crippen LogP contribution in [-0.4, -0.2) is 27.3 Å². The van der Waals surface area contributed by atoms with Crippen LogP contribution in [0.4, 0.5) is 5.95 Å². The number of rotatable bonds is 8. The third-order valence-electron chi connectivity index (χ3n) is 4.00. The van der Waals surface area contributed by atoms with E-state index in [4.69, 9.17) is 16.3 Å². The van der Waals surface area contributed by atoms with Crippen LogP contribution in [0.5, 0.6) is 5.75 Å². The van der Waals surface area contributed by atoms with Gasteiger partial charge in [-0.05, 0) is 49.7 Å². The second-order valence-electron chi connectivity index (χ2n) is 5.84. The quantitative estimate of drug-likeness (QED) is 0.529. The summed E-state index contributed by atoms with van der Waals surface area (Å²) in [6.07, 6.45) is 0. The maximum Gasteiger partial charge on any atom is 0.258 e. The predicted octanol–water partition coefficient (Wildman–Crippen LogP) is 4.89. The summed E-state index contributed by atoms with van der Waals surface area (Å²) in [5.41, 5.74) is 1.55. The van der Waals surface area contributed by atoms with Crippen LogP contribution in [0.15, 0.2) is 53.7 Å². The van der Waals surface area contributed by atoms with Crippen molar-refractivity contribution in [2.45, 2.75) is 31.3 Å². The maximum absolute atomic E-state index is 12.5. The van der Waals surface area contributed by atoms with Crippen LogP contribution in [0.1, 0.15) is 29.8 Å². The molecule has 28 heavy (non-hydrogen) atoms. The summed E-state index contributed by atoms with van der Waals surface area (Å²) in [5, 5.41) is 12.6. The van der Waals surface area contributed by atoms with Crippen LogP contribution in [-0.2, 0) is 12.3 Å². The van der Waals surface area contributed by atoms with Gasteiger partial charge in [-0.25, -0.2) is 0 Å². The van der Waals surface area contributed by atoms with Gasteiger partial charge in [0.25, 0.3) is 5.91 Å². The van der Waals surface area contributed by atoms with Gasteiger partial charge in [-0.1, -0.05) is 41.6 Å². The number of aromatic nitrogens is 3. The van der Waals surface area contributed by atoms with E-state index in [2.05, 4.69) is 15.5 Å². The zero-order valence-corrected chi connectivity index (χ0v) is 17.3. The number of hydrogen-bond acceptors (Lipinski definition) is 5. The average molecular weight is 417 g/mol. The third kappa shape index (κ3) is 4.85. The fourth-order valence-corrected chi connectivity index (χ4v) is 3.86. The van der Waals surface area contributed by atoms with Crippen molar-refractivity contribution in [2.24, 2.45) is 0 Å². The molecule has 0 atom stereocenters. The summed E-state index contributed by atoms with van der Waals surface area (Å²) in [6, 6.07) is 14.7. The molecule has 3 rings (SSSR count). The topological polar surface area (TPSA) is 69.0 Å². The van der Waals surface area contributed by atoms with Crippen LogP contribution >= 0.6 is 23.4 Å². The molecule has 0 unspecified atom stereocenters. The van der Waals surface area contributed by atoms with Crippen molar-refractivity contribution in [3.05, 3.63) is 64.7 Å². The van der Waals surface area contributed by atoms with E-state index < -0.39 is 0 Å². The molecule has 1 heterocycles. The molecular weight excluding hydrogens is 396 g/mol. The number of carbonyl (C=O) groups is 1. The van der Waals surface area contributed by atoms with Crippen molar-refractivity contribution >= 4 is 35.2 Å². The number of thioether (sulfide) groups is 1. The van der Waals surface area contributed by atoms with Gasteiger partial charge in [0, 0.05) is 22.9 Å². The Bertz CT molecular complexity index is 944. The zero-order valence-electron chi connectivity index (χ0n) is 15.7. The highest BCUT2D eigenvalue weighted by atomic mass is 35.5. The minimum absolute atomic E-state index is 0.243. The second kappa shape index (κ2) is 9.61. The van der Waals surface area contributed by atoms with Gasteiger partial charge < -0.3 is 4.74 Å². The number of nitrogens with one attached hydrogen (secondary N) is 1. The molecule has 8 heteroatoms. The second-order valence-corrected chi connectivity index (χ2v) is 7.19. The number of benzene rings is 2. The van der Waals surface area contributed by atoms with E-state index in [0.717, 1.165) is 21.5 Å². The molecule has 0 bridgehead atoms. The van der Waals surface area contributed by atoms with Crippen LogP contribution in [0.3, 0.4) is 0 Å². The molecule has 6 nitrogen and oxygen atoms in total. The van der Waals surface area contributed by atoms with Crippen LogP contribution in [0.25, 0.3) is 0 Å². The van der Waals surface area contributed by atoms with Crippen molar-refractivity contribution in [1.29, 1.82) is 0 Å². The molecule has 0 radical (unpaired) electrons. The molecule has 1 amide bonds. The Morgan fingerprint density at radius 2 is 1.89 bits per heavy atom. The minimum Gasteiger partial charge on any atom is -0.494 e. The summed E-state index contributed by atoms with van der Waals surface area (Å²) in [5.74, 6) is 1.58. The maximum atomic E-state index is 12.5. The first kappa shape index (κ1) is 20.2. The molecule has 0 saturated carbocycles. The summed E-state index contributed by atoms with van der Waals surface area (Å²) < 4.78 is 7.27. The van der Waals surface area contributed by atoms with Crippen LogP contribution < -0.4 is 10.1 Å². The minimum atomic E-state index is -0.243. The monoisotopic (exact) mass is 416 g/mol. The number of halogens is 1. The SMILES string of the molecule is CCOc1ccc(C(=O)Nc2nnc(SCc3ccccc3Cl)n2CC)cc1. The Morgan fingerprint density at radius 3 is 2.57 bits per heavy atom. The van der Waals surface area contributed by atoms with Gasteiger partial charge in [-0.2, -0.15) is 0 Å². The van der Waals surface area contributed by atoms with E-state index in [-0.39, 0.29) is 5.91 Å². The molecule has 0 saturated heterocycles. The highest BCUT2D eigenvalue weighted by molar-refractivity contribution is 7.98. The molecule has 0 spiro atoms. The van der Waals surface area contributed by atoms with Gasteiger partial charge in [0.05, 0.1) is 6.61 Å². The van der Waals surface area contributed by atoms with Crippen LogP contribution in [0, 0.1) is 0 Å². The molecule has 0 fully saturated rings. The average Bonchev–Trinajstić information content (AvgIpc) is 3.09. The molecule has 2 aromatic carbocycles. The fourth-order valence-electron chi connectivity index (χ4n) is 2.57. The lowest BCUT2D eigenvalue weighted by Crippen LogP contribution is -2.16. The van der Waals surface area contributed by atoms with Crippen molar-refractivity contribution in [3.63, 3.8) is 0 Å². The summed E-state index contributed by atoms with van der Waals surface area (Å²) in [7, 11) is 0. The number of ether oxygens (including phenoxy) is 1. The Balaban J connectivity index is 1.69. The largest absolute Gasteiger partial charge is 0.494 e. The molecule has 0 aliphatic heterocycles. The number of carbonyl (C=O) groups excluding carboxylic acids is 1. The lowest BCUT2D eigenvalue weighted by atomic mass is 10.2. The standard InChI is InChI=1S/C20H21ClN4O2S/c1-3-25-19(22-18(26)14-9-11-16(12-10-14)27-4-2)23-24-20(25)28-13-15-7-5-6-8-17(15)21/h5-12H,3-4,13H2,1-2H3,(H,22,23,26). The van der Waals surface area contributed by atoms with Gasteiger partial charge in [0.15, 0.2) is 5.16 Å². The summed E-state index contributed by atoms with van der Waals surface area (Å²) in [6.45, 7) is 5.12. The Morgan fingerprint density at radius 1 is 1.14 bits per heavy atom. The number of hydrogen-bond donors (Lipinski definition) is 1. The van der Waals surface area contributed by atoms with E-state index in [9.17, 15) is 4.79 Å². The first-order valence-electron chi connectivity index (χ1n) is 8.96. The lowest BCUT2D eigenvalue weighted by molar-refractivity contribution is 0.102. The predicted molar refractivity (Wildman–Crippen MR) is 112 cm³/mol. The van der Waals surface area contributed by atoms with Gasteiger partial charge in [0.2, 0.25) is 5.95 Å². The Kier molecular flexibility index (Phi) is 6.95. The Hall–Kier alpha value is -2.51. The normalized spacial score (nSPS) is 10.7. The molecule has 0 aliphatic carbocycles. The zero-order chi connectivity index (χ0) is 19.9. The van der Waals surface area contributed by atoms with Crippen molar-refractivity contribution < 1.29 is 9.53 Å². The molecule has 0 aliphatic rings. The van der Waals surface area contributed by atoms with E-state index in [0.29, 0.717) is 30.4 Å². The molecule has 1 aromatic heterocycles. The van der Waals surface area contributed by atoms with Gasteiger partial charge in [-0.15, -0.1) is 10.2 Å². The number of amides is 1. The number of nitrogens with zero attached hydrogens (tertiary/aromatic N) is 3. The van der Waals surface area contributed by atoms with Crippen molar-refractivity contribution in [3.8, 4) is 5.75 Å². The molecular formula is C20H21ClN4O2S. The summed E-state index contributed by atoms with van der Waals surface area (Å²) in [4.78, 5) is 12.5. The molecule has 3 aromatic rings. The van der Waals surface area contributed by atoms with Gasteiger partial charge >= 0.3 is 0 Å². The van der Waals surface area contributed by atoms with Gasteiger partial charge in [0.1, 0.15) is 5.75 Å². The first-order chi connectivity index (χ1) is 13.6. The molecule has 1 N–H and O–H groups in total. The van der Waals surface area contributed by atoms with E-state index in [1.54, 1.807) is 24.3 Å². The Labute approximate surface area is 173 Å². The van der Waals surface area contributed by atoms with Gasteiger partial charge in [-0.3, -0.25) is 14.7 Å². The van der Waals surface area contributed by atoms with Crippen molar-refractivity contribution in [2.75, 3.05) is 11.9 Å². The lowest BCUT2D eigenvalue weighted by Gasteiger charge is -2.09. The highest BCUT2D eigenvalue weighted by Crippen LogP contribution is 2.27. The van der Waals surface area contributed by atoms with E-state index in [1.807, 2.05) is 42.7 Å².